The summed E-state index contributed by atoms with van der Waals surface area (Å²) < 4.78 is 13.2. The number of aryl methyl sites for hydroxylation is 1. The molecule has 8 heteroatoms. The number of halogens is 1. The van der Waals surface area contributed by atoms with E-state index in [-0.39, 0.29) is 11.7 Å². The summed E-state index contributed by atoms with van der Waals surface area (Å²) in [6.07, 6.45) is 3.21. The minimum absolute atomic E-state index is 0.282. The van der Waals surface area contributed by atoms with Crippen molar-refractivity contribution < 1.29 is 9.18 Å². The van der Waals surface area contributed by atoms with E-state index in [0.29, 0.717) is 33.8 Å². The van der Waals surface area contributed by atoms with Gasteiger partial charge in [0.15, 0.2) is 5.65 Å². The number of nitrogens with zero attached hydrogens (tertiary/aromatic N) is 3. The van der Waals surface area contributed by atoms with Gasteiger partial charge < -0.3 is 10.3 Å². The molecule has 0 atom stereocenters. The van der Waals surface area contributed by atoms with Gasteiger partial charge in [-0.15, -0.1) is 11.8 Å². The number of carbonyl (C=O) groups excluding carboxylic acids is 1. The molecular weight excluding hydrogens is 389 g/mol. The van der Waals surface area contributed by atoms with Crippen molar-refractivity contribution in [3.63, 3.8) is 0 Å². The summed E-state index contributed by atoms with van der Waals surface area (Å²) in [5.41, 5.74) is 3.62. The first-order valence-electron chi connectivity index (χ1n) is 9.06. The van der Waals surface area contributed by atoms with Gasteiger partial charge in [-0.2, -0.15) is 0 Å². The van der Waals surface area contributed by atoms with Crippen molar-refractivity contribution in [3.8, 4) is 11.4 Å². The summed E-state index contributed by atoms with van der Waals surface area (Å²) in [5.74, 6) is 0.797. The Morgan fingerprint density at radius 2 is 2.00 bits per heavy atom. The average molecular weight is 407 g/mol. The molecule has 3 aromatic heterocycles. The fraction of sp³-hybridized carbons (Fsp3) is 0.143. The maximum atomic E-state index is 13.2. The van der Waals surface area contributed by atoms with E-state index in [1.807, 2.05) is 13.0 Å². The number of anilines is 1. The number of fused-ring (bicyclic) bond motifs is 1. The molecule has 0 aliphatic heterocycles. The average Bonchev–Trinajstić information content (AvgIpc) is 3.15. The molecule has 0 saturated heterocycles. The van der Waals surface area contributed by atoms with Crippen LogP contribution in [0.3, 0.4) is 0 Å². The number of nitrogens with one attached hydrogen (secondary N) is 2. The molecule has 146 valence electrons. The zero-order chi connectivity index (χ0) is 20.4. The lowest BCUT2D eigenvalue weighted by molar-refractivity contribution is 0.102. The molecule has 4 aromatic rings. The summed E-state index contributed by atoms with van der Waals surface area (Å²) in [6.45, 7) is 3.97. The summed E-state index contributed by atoms with van der Waals surface area (Å²) in [4.78, 5) is 30.1. The molecule has 3 heterocycles. The van der Waals surface area contributed by atoms with Gasteiger partial charge in [0, 0.05) is 22.3 Å². The number of amides is 1. The van der Waals surface area contributed by atoms with Crippen LogP contribution in [0.5, 0.6) is 0 Å². The minimum atomic E-state index is -0.324. The van der Waals surface area contributed by atoms with Crippen molar-refractivity contribution in [2.75, 3.05) is 11.1 Å². The van der Waals surface area contributed by atoms with Crippen LogP contribution >= 0.6 is 11.8 Å². The van der Waals surface area contributed by atoms with Gasteiger partial charge in [-0.25, -0.2) is 14.4 Å². The Morgan fingerprint density at radius 1 is 1.21 bits per heavy atom. The van der Waals surface area contributed by atoms with E-state index in [1.54, 1.807) is 42.4 Å². The number of aromatic nitrogens is 4. The Bertz CT molecular complexity index is 1190. The number of hydrogen-bond acceptors (Lipinski definition) is 5. The Balaban J connectivity index is 1.69. The van der Waals surface area contributed by atoms with E-state index < -0.39 is 0 Å². The predicted molar refractivity (Wildman–Crippen MR) is 113 cm³/mol. The van der Waals surface area contributed by atoms with Crippen molar-refractivity contribution in [2.24, 2.45) is 0 Å². The number of H-pyrrole nitrogens is 1. The van der Waals surface area contributed by atoms with Crippen LogP contribution < -0.4 is 5.32 Å². The largest absolute Gasteiger partial charge is 0.336 e. The Morgan fingerprint density at radius 3 is 2.76 bits per heavy atom. The van der Waals surface area contributed by atoms with Crippen molar-refractivity contribution >= 4 is 34.5 Å². The van der Waals surface area contributed by atoms with Crippen LogP contribution in [0, 0.1) is 12.7 Å². The van der Waals surface area contributed by atoms with Crippen molar-refractivity contribution in [1.29, 1.82) is 0 Å². The number of benzene rings is 1. The van der Waals surface area contributed by atoms with E-state index in [9.17, 15) is 9.18 Å². The molecular formula is C21H18FN5OS. The third-order valence-corrected chi connectivity index (χ3v) is 5.24. The minimum Gasteiger partial charge on any atom is -0.336 e. The van der Waals surface area contributed by atoms with Crippen LogP contribution in [-0.4, -0.2) is 31.6 Å². The summed E-state index contributed by atoms with van der Waals surface area (Å²) in [7, 11) is 0. The normalized spacial score (nSPS) is 11.0. The lowest BCUT2D eigenvalue weighted by Crippen LogP contribution is -2.13. The number of aromatic amines is 1. The number of rotatable bonds is 5. The highest BCUT2D eigenvalue weighted by molar-refractivity contribution is 7.99. The summed E-state index contributed by atoms with van der Waals surface area (Å²) in [5, 5.41) is 2.94. The summed E-state index contributed by atoms with van der Waals surface area (Å²) >= 11 is 1.64. The third-order valence-electron chi connectivity index (χ3n) is 4.31. The highest BCUT2D eigenvalue weighted by Crippen LogP contribution is 2.28. The molecule has 0 fully saturated rings. The maximum Gasteiger partial charge on any atom is 0.258 e. The first-order chi connectivity index (χ1) is 14.0. The first kappa shape index (κ1) is 19.1. The molecule has 6 nitrogen and oxygen atoms in total. The Labute approximate surface area is 171 Å². The van der Waals surface area contributed by atoms with Gasteiger partial charge in [0.1, 0.15) is 11.6 Å². The molecule has 0 radical (unpaired) electrons. The molecule has 2 N–H and O–H groups in total. The molecule has 4 rings (SSSR count). The monoisotopic (exact) mass is 407 g/mol. The number of thioether (sulfide) groups is 1. The highest BCUT2D eigenvalue weighted by Gasteiger charge is 2.17. The highest BCUT2D eigenvalue weighted by atomic mass is 32.2. The van der Waals surface area contributed by atoms with Crippen molar-refractivity contribution in [1.82, 2.24) is 19.9 Å². The molecule has 0 saturated carbocycles. The van der Waals surface area contributed by atoms with Gasteiger partial charge in [0.05, 0.1) is 23.0 Å². The fourth-order valence-corrected chi connectivity index (χ4v) is 3.76. The number of pyridine rings is 2. The lowest BCUT2D eigenvalue weighted by atomic mass is 10.2. The second-order valence-corrected chi connectivity index (χ2v) is 7.66. The standard InChI is InChI=1S/C21H18FN5OS/c1-3-29-17-10-12(2)24-11-16(17)25-21(28)15-8-9-23-20-18(15)26-19(27-20)13-4-6-14(22)7-5-13/h4-11H,3H2,1-2H3,(H,25,28)(H,23,26,27). The summed E-state index contributed by atoms with van der Waals surface area (Å²) in [6, 6.07) is 9.56. The van der Waals surface area contributed by atoms with Gasteiger partial charge in [0.2, 0.25) is 0 Å². The molecule has 0 bridgehead atoms. The number of imidazole rings is 1. The van der Waals surface area contributed by atoms with Crippen LogP contribution in [0.25, 0.3) is 22.6 Å². The van der Waals surface area contributed by atoms with E-state index in [2.05, 4.69) is 32.2 Å². The van der Waals surface area contributed by atoms with Gasteiger partial charge in [-0.3, -0.25) is 9.78 Å². The van der Waals surface area contributed by atoms with Crippen molar-refractivity contribution in [3.05, 3.63) is 65.9 Å². The van der Waals surface area contributed by atoms with E-state index in [0.717, 1.165) is 16.3 Å². The van der Waals surface area contributed by atoms with Gasteiger partial charge in [0.25, 0.3) is 5.91 Å². The molecule has 1 aromatic carbocycles. The molecule has 0 spiro atoms. The predicted octanol–water partition coefficient (Wildman–Crippen LogP) is 4.83. The zero-order valence-electron chi connectivity index (χ0n) is 15.9. The molecule has 0 unspecified atom stereocenters. The fourth-order valence-electron chi connectivity index (χ4n) is 2.94. The smallest absolute Gasteiger partial charge is 0.258 e. The van der Waals surface area contributed by atoms with Crippen molar-refractivity contribution in [2.45, 2.75) is 18.7 Å². The van der Waals surface area contributed by atoms with Gasteiger partial charge >= 0.3 is 0 Å². The molecule has 29 heavy (non-hydrogen) atoms. The lowest BCUT2D eigenvalue weighted by Gasteiger charge is -2.11. The topological polar surface area (TPSA) is 83.6 Å². The van der Waals surface area contributed by atoms with Crippen LogP contribution in [0.2, 0.25) is 0 Å². The molecule has 0 aliphatic rings. The number of carbonyl (C=O) groups is 1. The first-order valence-corrected chi connectivity index (χ1v) is 10.0. The molecule has 0 aliphatic carbocycles. The number of hydrogen-bond donors (Lipinski definition) is 2. The second-order valence-electron chi connectivity index (χ2n) is 6.36. The van der Waals surface area contributed by atoms with Gasteiger partial charge in [-0.1, -0.05) is 6.92 Å². The second kappa shape index (κ2) is 8.00. The van der Waals surface area contributed by atoms with Crippen LogP contribution in [-0.2, 0) is 0 Å². The molecule has 1 amide bonds. The SMILES string of the molecule is CCSc1cc(C)ncc1NC(=O)c1ccnc2nc(-c3ccc(F)cc3)[nH]c12. The maximum absolute atomic E-state index is 13.2. The van der Waals surface area contributed by atoms with E-state index in [4.69, 9.17) is 0 Å². The Kier molecular flexibility index (Phi) is 5.26. The van der Waals surface area contributed by atoms with E-state index >= 15 is 0 Å². The zero-order valence-corrected chi connectivity index (χ0v) is 16.7. The van der Waals surface area contributed by atoms with Crippen LogP contribution in [0.15, 0.2) is 53.7 Å². The Hall–Kier alpha value is -3.26. The van der Waals surface area contributed by atoms with E-state index in [1.165, 1.54) is 12.1 Å². The van der Waals surface area contributed by atoms with Crippen LogP contribution in [0.4, 0.5) is 10.1 Å². The van der Waals surface area contributed by atoms with Gasteiger partial charge in [-0.05, 0) is 49.1 Å². The quantitative estimate of drug-likeness (QED) is 0.463. The third kappa shape index (κ3) is 3.97. The van der Waals surface area contributed by atoms with Crippen LogP contribution in [0.1, 0.15) is 23.0 Å².